The van der Waals surface area contributed by atoms with Crippen molar-refractivity contribution in [1.29, 1.82) is 0 Å². The summed E-state index contributed by atoms with van der Waals surface area (Å²) in [5.74, 6) is 2.59. The van der Waals surface area contributed by atoms with Crippen molar-refractivity contribution in [3.05, 3.63) is 34.3 Å². The van der Waals surface area contributed by atoms with Crippen molar-refractivity contribution in [3.63, 3.8) is 0 Å². The lowest BCUT2D eigenvalue weighted by atomic mass is 9.84. The maximum absolute atomic E-state index is 9.50. The van der Waals surface area contributed by atoms with Gasteiger partial charge in [0.1, 0.15) is 0 Å². The van der Waals surface area contributed by atoms with Crippen LogP contribution in [0.5, 0.6) is 0 Å². The number of halogens is 1. The summed E-state index contributed by atoms with van der Waals surface area (Å²) >= 11 is 3.61. The highest BCUT2D eigenvalue weighted by Crippen LogP contribution is 2.49. The Morgan fingerprint density at radius 2 is 2.17 bits per heavy atom. The predicted octanol–water partition coefficient (Wildman–Crippen LogP) is 3.52. The van der Waals surface area contributed by atoms with Crippen molar-refractivity contribution < 1.29 is 9.84 Å². The average Bonchev–Trinajstić information content (AvgIpc) is 3.28. The number of hydrogen-bond acceptors (Lipinski definition) is 3. The summed E-state index contributed by atoms with van der Waals surface area (Å²) in [6.45, 7) is 2.13. The molecule has 0 radical (unpaired) electrons. The van der Waals surface area contributed by atoms with E-state index in [9.17, 15) is 5.11 Å². The highest BCUT2D eigenvalue weighted by atomic mass is 79.9. The first-order chi connectivity index (χ1) is 11.2. The number of nitrogens with one attached hydrogen (secondary N) is 1. The lowest BCUT2D eigenvalue weighted by Crippen LogP contribution is -2.41. The number of fused-ring (bicyclic) bond motifs is 2. The predicted molar refractivity (Wildman–Crippen MR) is 94.1 cm³/mol. The van der Waals surface area contributed by atoms with Gasteiger partial charge in [-0.2, -0.15) is 0 Å². The summed E-state index contributed by atoms with van der Waals surface area (Å²) < 4.78 is 6.81. The van der Waals surface area contributed by atoms with E-state index in [1.165, 1.54) is 24.8 Å². The quantitative estimate of drug-likeness (QED) is 0.821. The second kappa shape index (κ2) is 6.83. The number of rotatable bonds is 5. The van der Waals surface area contributed by atoms with Gasteiger partial charge in [0.2, 0.25) is 0 Å². The zero-order valence-electron chi connectivity index (χ0n) is 13.5. The summed E-state index contributed by atoms with van der Waals surface area (Å²) in [7, 11) is 0. The molecule has 3 nitrogen and oxygen atoms in total. The Kier molecular flexibility index (Phi) is 4.77. The number of hydrogen-bond donors (Lipinski definition) is 2. The Labute approximate surface area is 146 Å². The molecule has 2 unspecified atom stereocenters. The highest BCUT2D eigenvalue weighted by molar-refractivity contribution is 9.10. The minimum absolute atomic E-state index is 0.374. The molecule has 3 aliphatic rings. The molecular weight excluding hydrogens is 354 g/mol. The molecule has 1 saturated heterocycles. The van der Waals surface area contributed by atoms with Crippen LogP contribution in [0.25, 0.3) is 0 Å². The van der Waals surface area contributed by atoms with Gasteiger partial charge < -0.3 is 15.2 Å². The van der Waals surface area contributed by atoms with Crippen LogP contribution in [-0.4, -0.2) is 31.0 Å². The van der Waals surface area contributed by atoms with Crippen LogP contribution < -0.4 is 5.32 Å². The van der Waals surface area contributed by atoms with E-state index in [-0.39, 0.29) is 0 Å². The first kappa shape index (κ1) is 16.1. The molecular formula is C19H26BrNO2. The van der Waals surface area contributed by atoms with Crippen LogP contribution in [0.4, 0.5) is 0 Å². The van der Waals surface area contributed by atoms with Crippen LogP contribution in [0.3, 0.4) is 0 Å². The minimum atomic E-state index is 0.374. The molecule has 0 spiro atoms. The van der Waals surface area contributed by atoms with Gasteiger partial charge in [-0.05, 0) is 61.1 Å². The summed E-state index contributed by atoms with van der Waals surface area (Å²) in [4.78, 5) is 0. The van der Waals surface area contributed by atoms with Crippen LogP contribution >= 0.6 is 15.9 Å². The summed E-state index contributed by atoms with van der Waals surface area (Å²) in [6.07, 6.45) is 4.87. The lowest BCUT2D eigenvalue weighted by molar-refractivity contribution is 0.149. The van der Waals surface area contributed by atoms with E-state index in [4.69, 9.17) is 4.74 Å². The molecule has 126 valence electrons. The van der Waals surface area contributed by atoms with Gasteiger partial charge in [0.15, 0.2) is 0 Å². The molecule has 6 atom stereocenters. The Morgan fingerprint density at radius 1 is 1.26 bits per heavy atom. The molecule has 1 heterocycles. The molecule has 23 heavy (non-hydrogen) atoms. The SMILES string of the molecule is OC[C@@H]1C[C@H]2C[C@@H]1C[C@H]2NC(c1cccc(Br)c1)C1CCOC1. The minimum Gasteiger partial charge on any atom is -0.396 e. The van der Waals surface area contributed by atoms with Crippen LogP contribution in [0.2, 0.25) is 0 Å². The molecule has 2 bridgehead atoms. The Morgan fingerprint density at radius 3 is 2.83 bits per heavy atom. The fourth-order valence-corrected chi connectivity index (χ4v) is 5.49. The largest absolute Gasteiger partial charge is 0.396 e. The van der Waals surface area contributed by atoms with E-state index in [1.54, 1.807) is 0 Å². The van der Waals surface area contributed by atoms with Crippen molar-refractivity contribution in [2.45, 2.75) is 37.8 Å². The van der Waals surface area contributed by atoms with Crippen molar-refractivity contribution >= 4 is 15.9 Å². The van der Waals surface area contributed by atoms with Crippen LogP contribution in [-0.2, 0) is 4.74 Å². The number of aliphatic hydroxyl groups is 1. The zero-order valence-corrected chi connectivity index (χ0v) is 15.0. The normalized spacial score (nSPS) is 37.4. The Balaban J connectivity index is 1.50. The summed E-state index contributed by atoms with van der Waals surface area (Å²) in [5, 5.41) is 13.5. The first-order valence-electron chi connectivity index (χ1n) is 8.94. The second-order valence-electron chi connectivity index (χ2n) is 7.60. The molecule has 2 N–H and O–H groups in total. The lowest BCUT2D eigenvalue weighted by Gasteiger charge is -2.34. The third-order valence-electron chi connectivity index (χ3n) is 6.28. The van der Waals surface area contributed by atoms with Gasteiger partial charge in [0, 0.05) is 35.7 Å². The van der Waals surface area contributed by atoms with E-state index in [0.29, 0.717) is 30.5 Å². The van der Waals surface area contributed by atoms with E-state index in [1.807, 2.05) is 0 Å². The molecule has 1 aromatic rings. The zero-order chi connectivity index (χ0) is 15.8. The van der Waals surface area contributed by atoms with Gasteiger partial charge in [0.25, 0.3) is 0 Å². The Bertz CT molecular complexity index is 546. The van der Waals surface area contributed by atoms with Crippen LogP contribution in [0.15, 0.2) is 28.7 Å². The summed E-state index contributed by atoms with van der Waals surface area (Å²) in [6, 6.07) is 9.70. The van der Waals surface area contributed by atoms with E-state index in [0.717, 1.165) is 35.9 Å². The molecule has 4 rings (SSSR count). The number of aliphatic hydroxyl groups excluding tert-OH is 1. The molecule has 4 heteroatoms. The van der Waals surface area contributed by atoms with E-state index < -0.39 is 0 Å². The van der Waals surface area contributed by atoms with Gasteiger partial charge in [-0.15, -0.1) is 0 Å². The summed E-state index contributed by atoms with van der Waals surface area (Å²) in [5.41, 5.74) is 1.37. The third kappa shape index (κ3) is 3.23. The van der Waals surface area contributed by atoms with Crippen LogP contribution in [0.1, 0.15) is 37.3 Å². The van der Waals surface area contributed by atoms with Crippen molar-refractivity contribution in [2.75, 3.05) is 19.8 Å². The smallest absolute Gasteiger partial charge is 0.0513 e. The topological polar surface area (TPSA) is 41.5 Å². The first-order valence-corrected chi connectivity index (χ1v) is 9.74. The molecule has 2 aliphatic carbocycles. The third-order valence-corrected chi connectivity index (χ3v) is 6.77. The van der Waals surface area contributed by atoms with Crippen molar-refractivity contribution in [2.24, 2.45) is 23.7 Å². The molecule has 0 amide bonds. The molecule has 0 aromatic heterocycles. The molecule has 2 saturated carbocycles. The molecule has 1 aliphatic heterocycles. The van der Waals surface area contributed by atoms with Gasteiger partial charge >= 0.3 is 0 Å². The van der Waals surface area contributed by atoms with Gasteiger partial charge in [-0.3, -0.25) is 0 Å². The Hall–Kier alpha value is -0.420. The monoisotopic (exact) mass is 379 g/mol. The van der Waals surface area contributed by atoms with Gasteiger partial charge in [-0.1, -0.05) is 28.1 Å². The number of benzene rings is 1. The standard InChI is InChI=1S/C19H26BrNO2/c20-17-3-1-2-12(8-17)19(13-4-5-23-11-13)21-18-9-14-6-15(18)7-16(14)10-22/h1-3,8,13-16,18-19,21-22H,4-7,9-11H2/t13?,14-,15-,16+,18-,19?/m1/s1. The fraction of sp³-hybridized carbons (Fsp3) is 0.684. The van der Waals surface area contributed by atoms with Crippen molar-refractivity contribution in [3.8, 4) is 0 Å². The van der Waals surface area contributed by atoms with Gasteiger partial charge in [-0.25, -0.2) is 0 Å². The molecule has 1 aromatic carbocycles. The van der Waals surface area contributed by atoms with E-state index >= 15 is 0 Å². The maximum atomic E-state index is 9.50. The van der Waals surface area contributed by atoms with Crippen LogP contribution in [0, 0.1) is 23.7 Å². The number of ether oxygens (including phenoxy) is 1. The molecule has 3 fully saturated rings. The highest BCUT2D eigenvalue weighted by Gasteiger charge is 2.46. The fourth-order valence-electron chi connectivity index (χ4n) is 5.07. The second-order valence-corrected chi connectivity index (χ2v) is 8.52. The average molecular weight is 380 g/mol. The maximum Gasteiger partial charge on any atom is 0.0513 e. The van der Waals surface area contributed by atoms with Crippen molar-refractivity contribution in [1.82, 2.24) is 5.32 Å². The van der Waals surface area contributed by atoms with E-state index in [2.05, 4.69) is 45.5 Å². The van der Waals surface area contributed by atoms with Gasteiger partial charge in [0.05, 0.1) is 6.61 Å².